The fourth-order valence-electron chi connectivity index (χ4n) is 1.20. The zero-order chi connectivity index (χ0) is 8.55. The lowest BCUT2D eigenvalue weighted by atomic mass is 10.1. The van der Waals surface area contributed by atoms with Gasteiger partial charge in [-0.3, -0.25) is 5.11 Å². The van der Waals surface area contributed by atoms with Gasteiger partial charge in [-0.25, -0.2) is 0 Å². The number of fused-ring (bicyclic) bond motifs is 1. The van der Waals surface area contributed by atoms with E-state index in [1.54, 1.807) is 12.1 Å². The Bertz CT molecular complexity index is 386. The molecule has 0 saturated carbocycles. The minimum Gasteiger partial charge on any atom is -0.290 e. The highest BCUT2D eigenvalue weighted by molar-refractivity contribution is 14.1. The third kappa shape index (κ3) is 1.39. The van der Waals surface area contributed by atoms with E-state index in [9.17, 15) is 5.11 Å². The molecule has 0 aliphatic heterocycles. The van der Waals surface area contributed by atoms with Gasteiger partial charge in [-0.2, -0.15) is 0 Å². The van der Waals surface area contributed by atoms with E-state index in [0.717, 1.165) is 14.3 Å². The highest BCUT2D eigenvalue weighted by atomic mass is 127. The molecule has 0 heterocycles. The average molecular weight is 269 g/mol. The molecule has 0 saturated heterocycles. The number of halogens is 1. The van der Waals surface area contributed by atoms with Crippen molar-refractivity contribution >= 4 is 33.4 Å². The van der Waals surface area contributed by atoms with Crippen molar-refractivity contribution in [2.24, 2.45) is 0 Å². The third-order valence-corrected chi connectivity index (χ3v) is 2.44. The Morgan fingerprint density at radius 3 is 2.50 bits per heavy atom. The summed E-state index contributed by atoms with van der Waals surface area (Å²) in [4.78, 5) is 0. The smallest absolute Gasteiger partial charge is 0.179 e. The minimum atomic E-state index is 0.0736. The van der Waals surface area contributed by atoms with Crippen LogP contribution < -0.4 is 0 Å². The molecular formula is C10H6IO. The van der Waals surface area contributed by atoms with Crippen LogP contribution in [0.15, 0.2) is 36.4 Å². The summed E-state index contributed by atoms with van der Waals surface area (Å²) in [5, 5.41) is 13.1. The van der Waals surface area contributed by atoms with Gasteiger partial charge in [-0.1, -0.05) is 12.1 Å². The van der Waals surface area contributed by atoms with Gasteiger partial charge in [0.25, 0.3) is 0 Å². The van der Waals surface area contributed by atoms with Crippen LogP contribution >= 0.6 is 22.6 Å². The molecule has 2 aromatic carbocycles. The van der Waals surface area contributed by atoms with E-state index in [1.807, 2.05) is 24.3 Å². The molecule has 0 spiro atoms. The lowest BCUT2D eigenvalue weighted by Gasteiger charge is -1.97. The summed E-state index contributed by atoms with van der Waals surface area (Å²) in [5.41, 5.74) is 0. The fourth-order valence-corrected chi connectivity index (χ4v) is 1.71. The lowest BCUT2D eigenvalue weighted by molar-refractivity contribution is 0.355. The Kier molecular flexibility index (Phi) is 1.92. The Balaban J connectivity index is 2.80. The molecule has 0 N–H and O–H groups in total. The summed E-state index contributed by atoms with van der Waals surface area (Å²) in [5.74, 6) is 0.0736. The van der Waals surface area contributed by atoms with Crippen molar-refractivity contribution in [2.75, 3.05) is 0 Å². The first-order valence-electron chi connectivity index (χ1n) is 3.62. The van der Waals surface area contributed by atoms with Crippen LogP contribution in [0, 0.1) is 3.57 Å². The van der Waals surface area contributed by atoms with Crippen molar-refractivity contribution in [2.45, 2.75) is 0 Å². The second-order valence-corrected chi connectivity index (χ2v) is 3.90. The van der Waals surface area contributed by atoms with Gasteiger partial charge in [-0.15, -0.1) is 0 Å². The lowest BCUT2D eigenvalue weighted by Crippen LogP contribution is -1.73. The number of rotatable bonds is 0. The average Bonchev–Trinajstić information content (AvgIpc) is 2.03. The fraction of sp³-hybridized carbons (Fsp3) is 0. The van der Waals surface area contributed by atoms with Crippen LogP contribution in [0.1, 0.15) is 0 Å². The molecule has 12 heavy (non-hydrogen) atoms. The first-order chi connectivity index (χ1) is 5.75. The largest absolute Gasteiger partial charge is 0.290 e. The van der Waals surface area contributed by atoms with Crippen LogP contribution in [0.25, 0.3) is 10.8 Å². The van der Waals surface area contributed by atoms with E-state index in [-0.39, 0.29) is 5.75 Å². The second kappa shape index (κ2) is 2.94. The van der Waals surface area contributed by atoms with Gasteiger partial charge >= 0.3 is 0 Å². The van der Waals surface area contributed by atoms with Gasteiger partial charge in [0, 0.05) is 3.57 Å². The SMILES string of the molecule is [O]c1ccc2ccc(I)cc2c1. The maximum absolute atomic E-state index is 11.0. The Morgan fingerprint density at radius 1 is 0.917 bits per heavy atom. The maximum Gasteiger partial charge on any atom is 0.179 e. The van der Waals surface area contributed by atoms with Gasteiger partial charge in [0.15, 0.2) is 5.75 Å². The molecule has 0 aliphatic rings. The zero-order valence-electron chi connectivity index (χ0n) is 6.25. The van der Waals surface area contributed by atoms with Crippen LogP contribution in [-0.2, 0) is 5.11 Å². The number of hydrogen-bond acceptors (Lipinski definition) is 0. The van der Waals surface area contributed by atoms with Gasteiger partial charge < -0.3 is 0 Å². The first-order valence-corrected chi connectivity index (χ1v) is 4.70. The van der Waals surface area contributed by atoms with Crippen LogP contribution in [-0.4, -0.2) is 0 Å². The third-order valence-electron chi connectivity index (χ3n) is 1.77. The summed E-state index contributed by atoms with van der Waals surface area (Å²) >= 11 is 2.24. The summed E-state index contributed by atoms with van der Waals surface area (Å²) in [6.45, 7) is 0. The van der Waals surface area contributed by atoms with Crippen molar-refractivity contribution in [1.29, 1.82) is 0 Å². The standard InChI is InChI=1S/C10H6IO/c11-9-3-1-7-2-4-10(12)6-8(7)5-9/h1-6H. The van der Waals surface area contributed by atoms with Gasteiger partial charge in [0.2, 0.25) is 0 Å². The molecule has 1 radical (unpaired) electrons. The van der Waals surface area contributed by atoms with Crippen molar-refractivity contribution in [1.82, 2.24) is 0 Å². The maximum atomic E-state index is 11.0. The van der Waals surface area contributed by atoms with E-state index in [4.69, 9.17) is 0 Å². The van der Waals surface area contributed by atoms with Crippen molar-refractivity contribution < 1.29 is 5.11 Å². The normalized spacial score (nSPS) is 10.4. The number of hydrogen-bond donors (Lipinski definition) is 0. The molecule has 0 fully saturated rings. The van der Waals surface area contributed by atoms with Crippen LogP contribution in [0.2, 0.25) is 0 Å². The van der Waals surface area contributed by atoms with Gasteiger partial charge in [-0.05, 0) is 57.6 Å². The van der Waals surface area contributed by atoms with E-state index >= 15 is 0 Å². The van der Waals surface area contributed by atoms with E-state index < -0.39 is 0 Å². The van der Waals surface area contributed by atoms with E-state index in [2.05, 4.69) is 22.6 Å². The molecule has 0 bridgehead atoms. The Hall–Kier alpha value is -0.770. The molecule has 0 amide bonds. The molecule has 0 aliphatic carbocycles. The molecule has 59 valence electrons. The molecule has 2 heteroatoms. The Morgan fingerprint density at radius 2 is 1.67 bits per heavy atom. The topological polar surface area (TPSA) is 19.9 Å². The summed E-state index contributed by atoms with van der Waals surface area (Å²) in [6, 6.07) is 11.2. The molecule has 2 aromatic rings. The van der Waals surface area contributed by atoms with Crippen molar-refractivity contribution in [3.8, 4) is 5.75 Å². The predicted octanol–water partition coefficient (Wildman–Crippen LogP) is 3.59. The van der Waals surface area contributed by atoms with Crippen LogP contribution in [0.4, 0.5) is 0 Å². The predicted molar refractivity (Wildman–Crippen MR) is 56.8 cm³/mol. The summed E-state index contributed by atoms with van der Waals surface area (Å²) in [6.07, 6.45) is 0. The Labute approximate surface area is 84.2 Å². The molecule has 2 rings (SSSR count). The molecule has 0 unspecified atom stereocenters. The minimum absolute atomic E-state index is 0.0736. The first kappa shape index (κ1) is 7.86. The zero-order valence-corrected chi connectivity index (χ0v) is 8.41. The van der Waals surface area contributed by atoms with Crippen molar-refractivity contribution in [3.63, 3.8) is 0 Å². The van der Waals surface area contributed by atoms with E-state index in [0.29, 0.717) is 0 Å². The second-order valence-electron chi connectivity index (χ2n) is 2.65. The highest BCUT2D eigenvalue weighted by Gasteiger charge is 1.96. The quantitative estimate of drug-likeness (QED) is 0.651. The molecule has 1 nitrogen and oxygen atoms in total. The summed E-state index contributed by atoms with van der Waals surface area (Å²) in [7, 11) is 0. The van der Waals surface area contributed by atoms with Gasteiger partial charge in [0.05, 0.1) is 0 Å². The molecular weight excluding hydrogens is 263 g/mol. The molecule has 0 aromatic heterocycles. The van der Waals surface area contributed by atoms with Crippen LogP contribution in [0.3, 0.4) is 0 Å². The van der Waals surface area contributed by atoms with Crippen LogP contribution in [0.5, 0.6) is 5.75 Å². The van der Waals surface area contributed by atoms with E-state index in [1.165, 1.54) is 0 Å². The van der Waals surface area contributed by atoms with Crippen molar-refractivity contribution in [3.05, 3.63) is 40.0 Å². The summed E-state index contributed by atoms with van der Waals surface area (Å²) < 4.78 is 1.16. The van der Waals surface area contributed by atoms with Gasteiger partial charge in [0.1, 0.15) is 0 Å². The monoisotopic (exact) mass is 269 g/mol. The number of benzene rings is 2. The highest BCUT2D eigenvalue weighted by Crippen LogP contribution is 2.21. The molecule has 0 atom stereocenters.